The first-order valence-electron chi connectivity index (χ1n) is 7.43. The molecule has 0 aliphatic carbocycles. The Morgan fingerprint density at radius 2 is 1.90 bits per heavy atom. The van der Waals surface area contributed by atoms with E-state index in [1.807, 2.05) is 26.0 Å². The highest BCUT2D eigenvalue weighted by Crippen LogP contribution is 2.27. The van der Waals surface area contributed by atoms with E-state index in [1.165, 1.54) is 0 Å². The fourth-order valence-corrected chi connectivity index (χ4v) is 2.98. The highest BCUT2D eigenvalue weighted by atomic mass is 35.5. The van der Waals surface area contributed by atoms with E-state index in [-0.39, 0.29) is 5.91 Å². The average Bonchev–Trinajstić information content (AvgIpc) is 2.42. The number of carbonyl (C=O) groups is 1. The Morgan fingerprint density at radius 1 is 1.24 bits per heavy atom. The van der Waals surface area contributed by atoms with Gasteiger partial charge in [-0.15, -0.1) is 0 Å². The maximum absolute atomic E-state index is 12.1. The van der Waals surface area contributed by atoms with Crippen molar-refractivity contribution in [3.05, 3.63) is 28.3 Å². The van der Waals surface area contributed by atoms with Crippen molar-refractivity contribution in [2.75, 3.05) is 45.1 Å². The van der Waals surface area contributed by atoms with Crippen LogP contribution in [0.5, 0.6) is 0 Å². The Bertz CT molecular complexity index is 487. The lowest BCUT2D eigenvalue weighted by Crippen LogP contribution is -2.45. The lowest BCUT2D eigenvalue weighted by atomic mass is 10.1. The maximum Gasteiger partial charge on any atom is 0.225 e. The number of nitrogens with one attached hydrogen (secondary N) is 1. The zero-order valence-electron chi connectivity index (χ0n) is 13.1. The number of halogens is 1. The third kappa shape index (κ3) is 4.70. The van der Waals surface area contributed by atoms with Gasteiger partial charge < -0.3 is 15.1 Å². The molecule has 0 saturated carbocycles. The first-order valence-corrected chi connectivity index (χ1v) is 7.81. The van der Waals surface area contributed by atoms with Crippen LogP contribution in [0.1, 0.15) is 17.5 Å². The topological polar surface area (TPSA) is 35.6 Å². The summed E-state index contributed by atoms with van der Waals surface area (Å²) in [6, 6.07) is 3.91. The van der Waals surface area contributed by atoms with Gasteiger partial charge in [-0.1, -0.05) is 17.7 Å². The van der Waals surface area contributed by atoms with Crippen molar-refractivity contribution in [3.8, 4) is 0 Å². The molecule has 2 rings (SSSR count). The quantitative estimate of drug-likeness (QED) is 0.928. The monoisotopic (exact) mass is 309 g/mol. The lowest BCUT2D eigenvalue weighted by molar-refractivity contribution is -0.116. The number of anilines is 1. The Kier molecular flexibility index (Phi) is 5.62. The van der Waals surface area contributed by atoms with Crippen molar-refractivity contribution in [1.82, 2.24) is 9.80 Å². The summed E-state index contributed by atoms with van der Waals surface area (Å²) in [5.74, 6) is 0.0304. The lowest BCUT2D eigenvalue weighted by Gasteiger charge is -2.32. The third-order valence-electron chi connectivity index (χ3n) is 3.95. The number of hydrogen-bond donors (Lipinski definition) is 1. The summed E-state index contributed by atoms with van der Waals surface area (Å²) in [5, 5.41) is 3.56. The van der Waals surface area contributed by atoms with Crippen LogP contribution in [0.15, 0.2) is 12.1 Å². The van der Waals surface area contributed by atoms with Gasteiger partial charge in [-0.25, -0.2) is 0 Å². The van der Waals surface area contributed by atoms with E-state index in [0.29, 0.717) is 11.4 Å². The normalized spacial score (nSPS) is 17.0. The fraction of sp³-hybridized carbons (Fsp3) is 0.562. The molecule has 1 aliphatic heterocycles. The molecule has 5 heteroatoms. The van der Waals surface area contributed by atoms with Crippen LogP contribution < -0.4 is 5.32 Å². The largest absolute Gasteiger partial charge is 0.325 e. The summed E-state index contributed by atoms with van der Waals surface area (Å²) in [4.78, 5) is 16.7. The van der Waals surface area contributed by atoms with Crippen molar-refractivity contribution in [3.63, 3.8) is 0 Å². The predicted molar refractivity (Wildman–Crippen MR) is 88.1 cm³/mol. The highest BCUT2D eigenvalue weighted by Gasteiger charge is 2.15. The van der Waals surface area contributed by atoms with Crippen molar-refractivity contribution in [2.45, 2.75) is 20.3 Å². The van der Waals surface area contributed by atoms with Gasteiger partial charge in [0.15, 0.2) is 0 Å². The minimum atomic E-state index is 0.0304. The standard InChI is InChI=1S/C16H24ClN3O/c1-12-10-13(2)16(14(17)11-12)18-15(21)4-5-20-8-6-19(3)7-9-20/h10-11H,4-9H2,1-3H3,(H,18,21). The molecule has 4 nitrogen and oxygen atoms in total. The van der Waals surface area contributed by atoms with Gasteiger partial charge in [0.1, 0.15) is 0 Å². The van der Waals surface area contributed by atoms with Crippen LogP contribution in [0.4, 0.5) is 5.69 Å². The van der Waals surface area contributed by atoms with Gasteiger partial charge in [-0.2, -0.15) is 0 Å². The van der Waals surface area contributed by atoms with E-state index in [0.717, 1.165) is 49.5 Å². The van der Waals surface area contributed by atoms with Gasteiger partial charge in [0.2, 0.25) is 5.91 Å². The van der Waals surface area contributed by atoms with Crippen LogP contribution >= 0.6 is 11.6 Å². The second-order valence-electron chi connectivity index (χ2n) is 5.88. The number of rotatable bonds is 4. The van der Waals surface area contributed by atoms with Crippen molar-refractivity contribution >= 4 is 23.2 Å². The molecule has 1 saturated heterocycles. The first kappa shape index (κ1) is 16.3. The summed E-state index contributed by atoms with van der Waals surface area (Å²) < 4.78 is 0. The van der Waals surface area contributed by atoms with Gasteiger partial charge in [0, 0.05) is 39.1 Å². The molecule has 0 bridgehead atoms. The molecule has 21 heavy (non-hydrogen) atoms. The second-order valence-corrected chi connectivity index (χ2v) is 6.29. The molecule has 1 aliphatic rings. The summed E-state index contributed by atoms with van der Waals surface area (Å²) in [6.07, 6.45) is 0.507. The minimum absolute atomic E-state index is 0.0304. The summed E-state index contributed by atoms with van der Waals surface area (Å²) >= 11 is 6.21. The van der Waals surface area contributed by atoms with Crippen molar-refractivity contribution in [1.29, 1.82) is 0 Å². The van der Waals surface area contributed by atoms with E-state index < -0.39 is 0 Å². The van der Waals surface area contributed by atoms with Gasteiger partial charge in [0.25, 0.3) is 0 Å². The fourth-order valence-electron chi connectivity index (χ4n) is 2.61. The van der Waals surface area contributed by atoms with Crippen LogP contribution in [0.25, 0.3) is 0 Å². The number of amides is 1. The number of hydrogen-bond acceptors (Lipinski definition) is 3. The molecule has 1 amide bonds. The second kappa shape index (κ2) is 7.25. The molecule has 0 spiro atoms. The molecule has 0 unspecified atom stereocenters. The minimum Gasteiger partial charge on any atom is -0.325 e. The Hall–Kier alpha value is -1.10. The van der Waals surface area contributed by atoms with Gasteiger partial charge >= 0.3 is 0 Å². The predicted octanol–water partition coefficient (Wildman–Crippen LogP) is 2.53. The Labute approximate surface area is 132 Å². The van der Waals surface area contributed by atoms with E-state index in [4.69, 9.17) is 11.6 Å². The molecule has 0 atom stereocenters. The zero-order chi connectivity index (χ0) is 15.4. The molecule has 116 valence electrons. The number of aryl methyl sites for hydroxylation is 2. The van der Waals surface area contributed by atoms with Crippen LogP contribution in [0.3, 0.4) is 0 Å². The number of benzene rings is 1. The molecule has 1 N–H and O–H groups in total. The van der Waals surface area contributed by atoms with E-state index >= 15 is 0 Å². The van der Waals surface area contributed by atoms with Crippen LogP contribution in [-0.2, 0) is 4.79 Å². The number of carbonyl (C=O) groups excluding carboxylic acids is 1. The van der Waals surface area contributed by atoms with Crippen LogP contribution in [0.2, 0.25) is 5.02 Å². The smallest absolute Gasteiger partial charge is 0.225 e. The number of likely N-dealkylation sites (N-methyl/N-ethyl adjacent to an activating group) is 1. The van der Waals surface area contributed by atoms with E-state index in [1.54, 1.807) is 0 Å². The maximum atomic E-state index is 12.1. The average molecular weight is 310 g/mol. The molecular formula is C16H24ClN3O. The van der Waals surface area contributed by atoms with E-state index in [9.17, 15) is 4.79 Å². The van der Waals surface area contributed by atoms with Crippen molar-refractivity contribution in [2.24, 2.45) is 0 Å². The third-order valence-corrected chi connectivity index (χ3v) is 4.25. The Balaban J connectivity index is 1.85. The van der Waals surface area contributed by atoms with Gasteiger partial charge in [0.05, 0.1) is 10.7 Å². The van der Waals surface area contributed by atoms with Crippen molar-refractivity contribution < 1.29 is 4.79 Å². The first-order chi connectivity index (χ1) is 9.95. The molecule has 1 heterocycles. The summed E-state index contributed by atoms with van der Waals surface area (Å²) in [5.41, 5.74) is 2.85. The molecule has 1 aromatic carbocycles. The molecule has 0 aromatic heterocycles. The molecular weight excluding hydrogens is 286 g/mol. The number of piperazine rings is 1. The van der Waals surface area contributed by atoms with Gasteiger partial charge in [-0.3, -0.25) is 4.79 Å². The Morgan fingerprint density at radius 3 is 2.52 bits per heavy atom. The number of nitrogens with zero attached hydrogens (tertiary/aromatic N) is 2. The highest BCUT2D eigenvalue weighted by molar-refractivity contribution is 6.34. The summed E-state index contributed by atoms with van der Waals surface area (Å²) in [6.45, 7) is 8.99. The van der Waals surface area contributed by atoms with Crippen LogP contribution in [0, 0.1) is 13.8 Å². The molecule has 1 fully saturated rings. The van der Waals surface area contributed by atoms with Gasteiger partial charge in [-0.05, 0) is 38.1 Å². The van der Waals surface area contributed by atoms with Crippen LogP contribution in [-0.4, -0.2) is 55.5 Å². The SMILES string of the molecule is Cc1cc(C)c(NC(=O)CCN2CCN(C)CC2)c(Cl)c1. The zero-order valence-corrected chi connectivity index (χ0v) is 13.8. The van der Waals surface area contributed by atoms with E-state index in [2.05, 4.69) is 22.2 Å². The molecule has 0 radical (unpaired) electrons. The summed E-state index contributed by atoms with van der Waals surface area (Å²) in [7, 11) is 2.13. The molecule has 1 aromatic rings.